The SMILES string of the molecule is CCOc1cc(/C=C2\C(=O)N(Cc3ccccc3)C(=S)N2c2ccc(CC)cc2)ccc1OC. The second kappa shape index (κ2) is 10.5. The molecule has 5 nitrogen and oxygen atoms in total. The molecule has 1 saturated heterocycles. The third-order valence-corrected chi connectivity index (χ3v) is 6.11. The number of hydrogen-bond acceptors (Lipinski definition) is 4. The van der Waals surface area contributed by atoms with E-state index in [0.29, 0.717) is 35.5 Å². The quantitative estimate of drug-likeness (QED) is 0.305. The van der Waals surface area contributed by atoms with Crippen LogP contribution in [0.5, 0.6) is 11.5 Å². The van der Waals surface area contributed by atoms with Gasteiger partial charge in [-0.3, -0.25) is 14.6 Å². The molecule has 0 aromatic heterocycles. The van der Waals surface area contributed by atoms with Gasteiger partial charge in [0.1, 0.15) is 5.70 Å². The Bertz CT molecular complexity index is 1210. The fraction of sp³-hybridized carbons (Fsp3) is 0.214. The maximum absolute atomic E-state index is 13.6. The Labute approximate surface area is 206 Å². The molecule has 0 N–H and O–H groups in total. The Balaban J connectivity index is 1.77. The average Bonchev–Trinajstić information content (AvgIpc) is 3.09. The van der Waals surface area contributed by atoms with Gasteiger partial charge in [0.25, 0.3) is 5.91 Å². The maximum Gasteiger partial charge on any atom is 0.277 e. The molecule has 6 heteroatoms. The molecule has 0 spiro atoms. The summed E-state index contributed by atoms with van der Waals surface area (Å²) in [5.41, 5.74) is 4.42. The summed E-state index contributed by atoms with van der Waals surface area (Å²) in [6, 6.07) is 23.7. The van der Waals surface area contributed by atoms with E-state index in [1.54, 1.807) is 12.0 Å². The van der Waals surface area contributed by atoms with Gasteiger partial charge in [0.2, 0.25) is 0 Å². The number of rotatable bonds is 8. The third-order valence-electron chi connectivity index (χ3n) is 5.70. The minimum absolute atomic E-state index is 0.137. The number of thiocarbonyl (C=S) groups is 1. The Hall–Kier alpha value is -3.64. The second-order valence-electron chi connectivity index (χ2n) is 7.89. The first-order valence-corrected chi connectivity index (χ1v) is 11.8. The molecular formula is C28H28N2O3S. The lowest BCUT2D eigenvalue weighted by atomic mass is 10.1. The Morgan fingerprint density at radius 3 is 2.29 bits per heavy atom. The zero-order valence-electron chi connectivity index (χ0n) is 19.7. The van der Waals surface area contributed by atoms with Crippen LogP contribution in [0, 0.1) is 0 Å². The molecule has 1 heterocycles. The van der Waals surface area contributed by atoms with E-state index >= 15 is 0 Å². The largest absolute Gasteiger partial charge is 0.493 e. The van der Waals surface area contributed by atoms with Crippen molar-refractivity contribution < 1.29 is 14.3 Å². The van der Waals surface area contributed by atoms with Crippen LogP contribution >= 0.6 is 12.2 Å². The van der Waals surface area contributed by atoms with E-state index in [1.807, 2.05) is 78.6 Å². The first-order chi connectivity index (χ1) is 16.5. The molecule has 0 radical (unpaired) electrons. The monoisotopic (exact) mass is 472 g/mol. The lowest BCUT2D eigenvalue weighted by molar-refractivity contribution is -0.122. The predicted molar refractivity (Wildman–Crippen MR) is 140 cm³/mol. The number of carbonyl (C=O) groups is 1. The van der Waals surface area contributed by atoms with Crippen molar-refractivity contribution >= 4 is 35.0 Å². The molecule has 4 rings (SSSR count). The van der Waals surface area contributed by atoms with Crippen molar-refractivity contribution in [2.45, 2.75) is 26.8 Å². The van der Waals surface area contributed by atoms with Crippen LogP contribution in [0.25, 0.3) is 6.08 Å². The van der Waals surface area contributed by atoms with E-state index in [2.05, 4.69) is 19.1 Å². The topological polar surface area (TPSA) is 42.0 Å². The fourth-order valence-corrected chi connectivity index (χ4v) is 4.27. The minimum Gasteiger partial charge on any atom is -0.493 e. The molecule has 1 aliphatic heterocycles. The summed E-state index contributed by atoms with van der Waals surface area (Å²) in [5, 5.41) is 0.461. The van der Waals surface area contributed by atoms with Gasteiger partial charge in [-0.05, 0) is 72.6 Å². The molecule has 174 valence electrons. The van der Waals surface area contributed by atoms with Crippen molar-refractivity contribution in [1.29, 1.82) is 0 Å². The highest BCUT2D eigenvalue weighted by Gasteiger charge is 2.38. The van der Waals surface area contributed by atoms with Crippen LogP contribution < -0.4 is 14.4 Å². The van der Waals surface area contributed by atoms with Crippen LogP contribution in [0.1, 0.15) is 30.5 Å². The lowest BCUT2D eigenvalue weighted by Gasteiger charge is -2.21. The molecule has 0 unspecified atom stereocenters. The van der Waals surface area contributed by atoms with E-state index in [4.69, 9.17) is 21.7 Å². The van der Waals surface area contributed by atoms with Crippen molar-refractivity contribution in [2.24, 2.45) is 0 Å². The summed E-state index contributed by atoms with van der Waals surface area (Å²) >= 11 is 5.83. The molecule has 0 aliphatic carbocycles. The second-order valence-corrected chi connectivity index (χ2v) is 8.25. The van der Waals surface area contributed by atoms with E-state index in [1.165, 1.54) is 5.56 Å². The molecule has 1 fully saturated rings. The summed E-state index contributed by atoms with van der Waals surface area (Å²) in [4.78, 5) is 17.1. The van der Waals surface area contributed by atoms with Gasteiger partial charge in [-0.15, -0.1) is 0 Å². The van der Waals surface area contributed by atoms with E-state index < -0.39 is 0 Å². The maximum atomic E-state index is 13.6. The highest BCUT2D eigenvalue weighted by atomic mass is 32.1. The summed E-state index contributed by atoms with van der Waals surface area (Å²) in [7, 11) is 1.61. The van der Waals surface area contributed by atoms with Crippen LogP contribution in [0.4, 0.5) is 5.69 Å². The number of hydrogen-bond donors (Lipinski definition) is 0. The fourth-order valence-electron chi connectivity index (χ4n) is 3.92. The smallest absolute Gasteiger partial charge is 0.277 e. The van der Waals surface area contributed by atoms with Gasteiger partial charge in [0, 0.05) is 5.69 Å². The number of methoxy groups -OCH3 is 1. The highest BCUT2D eigenvalue weighted by molar-refractivity contribution is 7.80. The molecule has 0 atom stereocenters. The van der Waals surface area contributed by atoms with E-state index in [-0.39, 0.29) is 5.91 Å². The molecule has 0 saturated carbocycles. The van der Waals surface area contributed by atoms with Crippen LogP contribution in [-0.4, -0.2) is 29.6 Å². The Morgan fingerprint density at radius 1 is 0.912 bits per heavy atom. The first kappa shape index (κ1) is 23.5. The van der Waals surface area contributed by atoms with Gasteiger partial charge < -0.3 is 9.47 Å². The summed E-state index contributed by atoms with van der Waals surface area (Å²) < 4.78 is 11.1. The number of amides is 1. The van der Waals surface area contributed by atoms with Gasteiger partial charge in [-0.2, -0.15) is 0 Å². The number of nitrogens with zero attached hydrogens (tertiary/aromatic N) is 2. The zero-order valence-corrected chi connectivity index (χ0v) is 20.5. The lowest BCUT2D eigenvalue weighted by Crippen LogP contribution is -2.32. The molecule has 3 aromatic carbocycles. The average molecular weight is 473 g/mol. The zero-order chi connectivity index (χ0) is 24.1. The Morgan fingerprint density at radius 2 is 1.65 bits per heavy atom. The van der Waals surface area contributed by atoms with Crippen LogP contribution in [0.15, 0.2) is 78.5 Å². The Kier molecular flexibility index (Phi) is 7.28. The summed E-state index contributed by atoms with van der Waals surface area (Å²) in [6.07, 6.45) is 2.80. The van der Waals surface area contributed by atoms with Crippen molar-refractivity contribution in [3.05, 3.63) is 95.2 Å². The van der Waals surface area contributed by atoms with Gasteiger partial charge in [-0.1, -0.05) is 55.5 Å². The van der Waals surface area contributed by atoms with E-state index in [0.717, 1.165) is 23.2 Å². The molecule has 1 aliphatic rings. The van der Waals surface area contributed by atoms with Crippen molar-refractivity contribution in [3.63, 3.8) is 0 Å². The molecular weight excluding hydrogens is 444 g/mol. The van der Waals surface area contributed by atoms with Crippen molar-refractivity contribution in [3.8, 4) is 11.5 Å². The van der Waals surface area contributed by atoms with Gasteiger partial charge in [0.15, 0.2) is 16.6 Å². The van der Waals surface area contributed by atoms with Crippen molar-refractivity contribution in [1.82, 2.24) is 4.90 Å². The molecule has 3 aromatic rings. The standard InChI is InChI=1S/C28H28N2O3S/c1-4-20-11-14-23(15-12-20)30-24(17-22-13-16-25(32-3)26(18-22)33-5-2)27(31)29(28(30)34)19-21-9-7-6-8-10-21/h6-18H,4-5,19H2,1-3H3/b24-17+. The van der Waals surface area contributed by atoms with Crippen LogP contribution in [-0.2, 0) is 17.8 Å². The van der Waals surface area contributed by atoms with Gasteiger partial charge >= 0.3 is 0 Å². The molecule has 1 amide bonds. The molecule has 0 bridgehead atoms. The highest BCUT2D eigenvalue weighted by Crippen LogP contribution is 2.34. The van der Waals surface area contributed by atoms with E-state index in [9.17, 15) is 4.79 Å². The third kappa shape index (κ3) is 4.82. The number of aryl methyl sites for hydroxylation is 1. The summed E-state index contributed by atoms with van der Waals surface area (Å²) in [5.74, 6) is 1.14. The number of carbonyl (C=O) groups excluding carboxylic acids is 1. The number of anilines is 1. The predicted octanol–water partition coefficient (Wildman–Crippen LogP) is 5.83. The normalized spacial score (nSPS) is 14.7. The van der Waals surface area contributed by atoms with Gasteiger partial charge in [0.05, 0.1) is 20.3 Å². The molecule has 34 heavy (non-hydrogen) atoms. The van der Waals surface area contributed by atoms with Crippen LogP contribution in [0.2, 0.25) is 0 Å². The van der Waals surface area contributed by atoms with Gasteiger partial charge in [-0.25, -0.2) is 0 Å². The minimum atomic E-state index is -0.137. The number of benzene rings is 3. The first-order valence-electron chi connectivity index (χ1n) is 11.4. The van der Waals surface area contributed by atoms with Crippen molar-refractivity contribution in [2.75, 3.05) is 18.6 Å². The van der Waals surface area contributed by atoms with Crippen LogP contribution in [0.3, 0.4) is 0 Å². The summed E-state index contributed by atoms with van der Waals surface area (Å²) in [6.45, 7) is 4.96. The number of ether oxygens (including phenoxy) is 2.